The summed E-state index contributed by atoms with van der Waals surface area (Å²) in [6, 6.07) is 2.34. The molecule has 1 N–H and O–H groups in total. The molecule has 1 aliphatic rings. The number of rotatable bonds is 2. The van der Waals surface area contributed by atoms with Crippen molar-refractivity contribution in [2.75, 3.05) is 0 Å². The second-order valence-corrected chi connectivity index (χ2v) is 6.23. The fourth-order valence-electron chi connectivity index (χ4n) is 2.52. The molecule has 0 bridgehead atoms. The topological polar surface area (TPSA) is 65.8 Å². The molecule has 0 aromatic carbocycles. The first kappa shape index (κ1) is 14.0. The van der Waals surface area contributed by atoms with Crippen molar-refractivity contribution in [1.82, 2.24) is 10.3 Å². The Morgan fingerprint density at radius 3 is 2.53 bits per heavy atom. The molecule has 1 aliphatic carbocycles. The number of nitrogens with zero attached hydrogens (tertiary/aromatic N) is 2. The first-order chi connectivity index (χ1) is 9.15. The molecule has 1 saturated carbocycles. The molecule has 0 spiro atoms. The summed E-state index contributed by atoms with van der Waals surface area (Å²) in [7, 11) is 0. The number of hydrogen-bond donors (Lipinski definition) is 1. The first-order valence-electron chi connectivity index (χ1n) is 6.81. The number of carbonyl (C=O) groups is 1. The van der Waals surface area contributed by atoms with E-state index < -0.39 is 5.54 Å². The third kappa shape index (κ3) is 3.54. The number of aryl methyl sites for hydroxylation is 1. The van der Waals surface area contributed by atoms with E-state index in [1.165, 1.54) is 17.8 Å². The summed E-state index contributed by atoms with van der Waals surface area (Å²) in [6.07, 6.45) is 7.04. The van der Waals surface area contributed by atoms with Gasteiger partial charge in [-0.2, -0.15) is 5.26 Å². The minimum Gasteiger partial charge on any atom is -0.332 e. The minimum absolute atomic E-state index is 0.216. The van der Waals surface area contributed by atoms with E-state index in [1.54, 1.807) is 5.38 Å². The molecule has 1 heterocycles. The lowest BCUT2D eigenvalue weighted by atomic mass is 9.85. The van der Waals surface area contributed by atoms with Crippen molar-refractivity contribution in [2.45, 2.75) is 57.4 Å². The van der Waals surface area contributed by atoms with Crippen LogP contribution in [0, 0.1) is 18.3 Å². The van der Waals surface area contributed by atoms with Crippen molar-refractivity contribution in [3.63, 3.8) is 0 Å². The van der Waals surface area contributed by atoms with E-state index in [0.29, 0.717) is 5.69 Å². The van der Waals surface area contributed by atoms with Crippen LogP contribution in [-0.4, -0.2) is 16.4 Å². The SMILES string of the molecule is Cc1nc(C(=O)NC2(C#N)CCCCCCC2)cs1. The zero-order valence-corrected chi connectivity index (χ0v) is 12.1. The van der Waals surface area contributed by atoms with Crippen LogP contribution in [0.2, 0.25) is 0 Å². The Balaban J connectivity index is 2.08. The van der Waals surface area contributed by atoms with Crippen LogP contribution < -0.4 is 5.32 Å². The highest BCUT2D eigenvalue weighted by Gasteiger charge is 2.32. The van der Waals surface area contributed by atoms with Gasteiger partial charge in [0.1, 0.15) is 11.2 Å². The monoisotopic (exact) mass is 277 g/mol. The highest BCUT2D eigenvalue weighted by atomic mass is 32.1. The molecule has 0 aliphatic heterocycles. The zero-order valence-electron chi connectivity index (χ0n) is 11.2. The number of amides is 1. The largest absolute Gasteiger partial charge is 0.332 e. The summed E-state index contributed by atoms with van der Waals surface area (Å²) in [5.74, 6) is -0.216. The molecule has 5 heteroatoms. The van der Waals surface area contributed by atoms with Gasteiger partial charge in [-0.25, -0.2) is 4.98 Å². The van der Waals surface area contributed by atoms with Crippen molar-refractivity contribution >= 4 is 17.2 Å². The lowest BCUT2D eigenvalue weighted by Gasteiger charge is -2.29. The second kappa shape index (κ2) is 6.16. The molecular weight excluding hydrogens is 258 g/mol. The van der Waals surface area contributed by atoms with Crippen molar-refractivity contribution in [2.24, 2.45) is 0 Å². The fourth-order valence-corrected chi connectivity index (χ4v) is 3.12. The van der Waals surface area contributed by atoms with E-state index in [2.05, 4.69) is 16.4 Å². The van der Waals surface area contributed by atoms with Gasteiger partial charge in [-0.1, -0.05) is 32.1 Å². The third-order valence-corrected chi connectivity index (χ3v) is 4.40. The van der Waals surface area contributed by atoms with Crippen LogP contribution in [0.1, 0.15) is 60.4 Å². The summed E-state index contributed by atoms with van der Waals surface area (Å²) in [6.45, 7) is 1.87. The van der Waals surface area contributed by atoms with Gasteiger partial charge in [-0.05, 0) is 19.8 Å². The summed E-state index contributed by atoms with van der Waals surface area (Å²) in [5, 5.41) is 15.0. The summed E-state index contributed by atoms with van der Waals surface area (Å²) < 4.78 is 0. The average Bonchev–Trinajstić information content (AvgIpc) is 2.80. The van der Waals surface area contributed by atoms with Crippen LogP contribution in [0.25, 0.3) is 0 Å². The summed E-state index contributed by atoms with van der Waals surface area (Å²) in [5.41, 5.74) is -0.270. The van der Waals surface area contributed by atoms with Gasteiger partial charge in [0.25, 0.3) is 5.91 Å². The van der Waals surface area contributed by atoms with Gasteiger partial charge in [-0.3, -0.25) is 4.79 Å². The average molecular weight is 277 g/mol. The van der Waals surface area contributed by atoms with Crippen molar-refractivity contribution in [3.05, 3.63) is 16.1 Å². The second-order valence-electron chi connectivity index (χ2n) is 5.17. The van der Waals surface area contributed by atoms with E-state index in [-0.39, 0.29) is 5.91 Å². The van der Waals surface area contributed by atoms with Crippen molar-refractivity contribution in [3.8, 4) is 6.07 Å². The predicted molar refractivity (Wildman–Crippen MR) is 75.0 cm³/mol. The number of hydrogen-bond acceptors (Lipinski definition) is 4. The first-order valence-corrected chi connectivity index (χ1v) is 7.69. The molecule has 1 aromatic rings. The van der Waals surface area contributed by atoms with Crippen LogP contribution in [0.15, 0.2) is 5.38 Å². The predicted octanol–water partition coefficient (Wildman–Crippen LogP) is 3.19. The lowest BCUT2D eigenvalue weighted by molar-refractivity contribution is 0.0903. The minimum atomic E-state index is -0.699. The van der Waals surface area contributed by atoms with Crippen molar-refractivity contribution in [1.29, 1.82) is 5.26 Å². The Bertz CT molecular complexity index is 481. The van der Waals surface area contributed by atoms with Gasteiger partial charge in [0.05, 0.1) is 11.1 Å². The molecule has 2 rings (SSSR count). The Kier molecular flexibility index (Phi) is 4.54. The molecule has 1 aromatic heterocycles. The number of aromatic nitrogens is 1. The Morgan fingerprint density at radius 1 is 1.37 bits per heavy atom. The van der Waals surface area contributed by atoms with Gasteiger partial charge >= 0.3 is 0 Å². The summed E-state index contributed by atoms with van der Waals surface area (Å²) in [4.78, 5) is 16.4. The number of nitrogens with one attached hydrogen (secondary N) is 1. The van der Waals surface area contributed by atoms with Crippen LogP contribution >= 0.6 is 11.3 Å². The highest BCUT2D eigenvalue weighted by molar-refractivity contribution is 7.09. The van der Waals surface area contributed by atoms with E-state index in [1.807, 2.05) is 6.92 Å². The zero-order chi connectivity index (χ0) is 13.7. The Labute approximate surface area is 117 Å². The maximum atomic E-state index is 12.2. The molecular formula is C14H19N3OS. The Morgan fingerprint density at radius 2 is 2.00 bits per heavy atom. The molecule has 102 valence electrons. The number of carbonyl (C=O) groups excluding carboxylic acids is 1. The fraction of sp³-hybridized carbons (Fsp3) is 0.643. The third-order valence-electron chi connectivity index (χ3n) is 3.63. The highest BCUT2D eigenvalue weighted by Crippen LogP contribution is 2.26. The van der Waals surface area contributed by atoms with E-state index in [0.717, 1.165) is 43.5 Å². The maximum Gasteiger partial charge on any atom is 0.272 e. The van der Waals surface area contributed by atoms with Crippen molar-refractivity contribution < 1.29 is 4.79 Å². The molecule has 1 amide bonds. The van der Waals surface area contributed by atoms with Crippen LogP contribution in [0.5, 0.6) is 0 Å². The number of nitriles is 1. The molecule has 1 fully saturated rings. The van der Waals surface area contributed by atoms with Gasteiger partial charge in [-0.15, -0.1) is 11.3 Å². The molecule has 0 atom stereocenters. The lowest BCUT2D eigenvalue weighted by Crippen LogP contribution is -2.47. The normalized spacial score (nSPS) is 18.9. The number of thiazole rings is 1. The van der Waals surface area contributed by atoms with Gasteiger partial charge in [0.2, 0.25) is 0 Å². The molecule has 4 nitrogen and oxygen atoms in total. The van der Waals surface area contributed by atoms with Crippen LogP contribution in [0.3, 0.4) is 0 Å². The van der Waals surface area contributed by atoms with Crippen LogP contribution in [0.4, 0.5) is 0 Å². The smallest absolute Gasteiger partial charge is 0.272 e. The summed E-state index contributed by atoms with van der Waals surface area (Å²) >= 11 is 1.45. The van der Waals surface area contributed by atoms with Gasteiger partial charge < -0.3 is 5.32 Å². The van der Waals surface area contributed by atoms with E-state index in [9.17, 15) is 10.1 Å². The maximum absolute atomic E-state index is 12.2. The Hall–Kier alpha value is -1.41. The molecule has 0 saturated heterocycles. The van der Waals surface area contributed by atoms with E-state index >= 15 is 0 Å². The molecule has 0 unspecified atom stereocenters. The molecule has 19 heavy (non-hydrogen) atoms. The molecule has 0 radical (unpaired) electrons. The van der Waals surface area contributed by atoms with E-state index in [4.69, 9.17) is 0 Å². The van der Waals surface area contributed by atoms with Gasteiger partial charge in [0, 0.05) is 5.38 Å². The van der Waals surface area contributed by atoms with Crippen LogP contribution in [-0.2, 0) is 0 Å². The standard InChI is InChI=1S/C14H19N3OS/c1-11-16-12(9-19-11)13(18)17-14(10-15)7-5-3-2-4-6-8-14/h9H,2-8H2,1H3,(H,17,18). The van der Waals surface area contributed by atoms with Gasteiger partial charge in [0.15, 0.2) is 0 Å². The quantitative estimate of drug-likeness (QED) is 0.902.